The van der Waals surface area contributed by atoms with Crippen molar-refractivity contribution in [3.8, 4) is 17.2 Å². The number of amides is 1. The van der Waals surface area contributed by atoms with E-state index in [0.29, 0.717) is 27.3 Å². The summed E-state index contributed by atoms with van der Waals surface area (Å²) in [5.74, 6) is 0.975. The number of nitrogens with one attached hydrogen (secondary N) is 1. The molecule has 2 aromatic carbocycles. The maximum absolute atomic E-state index is 12.7. The molecule has 7 heteroatoms. The molecule has 0 atom stereocenters. The van der Waals surface area contributed by atoms with Crippen molar-refractivity contribution in [1.82, 2.24) is 0 Å². The predicted octanol–water partition coefficient (Wildman–Crippen LogP) is 4.64. The first-order valence-electron chi connectivity index (χ1n) is 6.98. The number of hydrogen-bond donors (Lipinski definition) is 1. The average molecular weight is 506 g/mol. The average Bonchev–Trinajstić information content (AvgIpc) is 2.56. The highest BCUT2D eigenvalue weighted by Crippen LogP contribution is 2.44. The van der Waals surface area contributed by atoms with Gasteiger partial charge in [-0.3, -0.25) is 4.79 Å². The molecule has 0 spiro atoms. The molecule has 0 heterocycles. The molecule has 128 valence electrons. The summed E-state index contributed by atoms with van der Waals surface area (Å²) in [5, 5.41) is 2.91. The van der Waals surface area contributed by atoms with Crippen LogP contribution in [0.25, 0.3) is 0 Å². The molecule has 0 aliphatic rings. The monoisotopic (exact) mass is 505 g/mol. The molecule has 0 bridgehead atoms. The summed E-state index contributed by atoms with van der Waals surface area (Å²) in [4.78, 5) is 12.7. The summed E-state index contributed by atoms with van der Waals surface area (Å²) >= 11 is 5.65. The largest absolute Gasteiger partial charge is 0.493 e. The second-order valence-electron chi connectivity index (χ2n) is 4.92. The molecule has 2 aromatic rings. The van der Waals surface area contributed by atoms with Crippen LogP contribution in [-0.4, -0.2) is 27.2 Å². The molecule has 0 saturated heterocycles. The smallest absolute Gasteiger partial charge is 0.257 e. The van der Waals surface area contributed by atoms with Gasteiger partial charge in [0.2, 0.25) is 5.75 Å². The SMILES string of the molecule is COc1cc(C(=O)Nc2ccc(I)cc2C)c(Br)c(OC)c1OC. The standard InChI is InChI=1S/C17H17BrINO4/c1-9-7-10(19)5-6-12(9)20-17(21)11-8-13(22-2)15(23-3)16(24-4)14(11)18/h5-8H,1-4H3,(H,20,21). The van der Waals surface area contributed by atoms with E-state index in [-0.39, 0.29) is 5.91 Å². The zero-order chi connectivity index (χ0) is 17.9. The highest BCUT2D eigenvalue weighted by molar-refractivity contribution is 14.1. The van der Waals surface area contributed by atoms with E-state index in [0.717, 1.165) is 14.8 Å². The van der Waals surface area contributed by atoms with Crippen molar-refractivity contribution in [3.63, 3.8) is 0 Å². The number of anilines is 1. The van der Waals surface area contributed by atoms with Crippen LogP contribution >= 0.6 is 38.5 Å². The fourth-order valence-electron chi connectivity index (χ4n) is 2.24. The minimum atomic E-state index is -0.273. The van der Waals surface area contributed by atoms with E-state index in [1.165, 1.54) is 21.3 Å². The summed E-state index contributed by atoms with van der Waals surface area (Å²) in [6.45, 7) is 1.95. The van der Waals surface area contributed by atoms with Gasteiger partial charge in [0.05, 0.1) is 31.4 Å². The van der Waals surface area contributed by atoms with Crippen LogP contribution in [0.15, 0.2) is 28.7 Å². The Hall–Kier alpha value is -1.48. The summed E-state index contributed by atoms with van der Waals surface area (Å²) in [6, 6.07) is 7.43. The molecule has 0 aliphatic carbocycles. The van der Waals surface area contributed by atoms with E-state index in [1.807, 2.05) is 25.1 Å². The van der Waals surface area contributed by atoms with Crippen LogP contribution in [-0.2, 0) is 0 Å². The number of benzene rings is 2. The van der Waals surface area contributed by atoms with Crippen molar-refractivity contribution in [3.05, 3.63) is 43.4 Å². The van der Waals surface area contributed by atoms with Crippen molar-refractivity contribution in [2.45, 2.75) is 6.92 Å². The topological polar surface area (TPSA) is 56.8 Å². The van der Waals surface area contributed by atoms with Gasteiger partial charge in [-0.2, -0.15) is 0 Å². The molecule has 0 aromatic heterocycles. The van der Waals surface area contributed by atoms with Crippen LogP contribution in [0.3, 0.4) is 0 Å². The summed E-state index contributed by atoms with van der Waals surface area (Å²) < 4.78 is 17.6. The summed E-state index contributed by atoms with van der Waals surface area (Å²) in [6.07, 6.45) is 0. The second-order valence-corrected chi connectivity index (χ2v) is 6.96. The third-order valence-corrected chi connectivity index (χ3v) is 4.91. The maximum Gasteiger partial charge on any atom is 0.257 e. The van der Waals surface area contributed by atoms with Gasteiger partial charge in [-0.25, -0.2) is 0 Å². The van der Waals surface area contributed by atoms with Crippen molar-refractivity contribution in [2.75, 3.05) is 26.6 Å². The van der Waals surface area contributed by atoms with Crippen LogP contribution in [0.5, 0.6) is 17.2 Å². The lowest BCUT2D eigenvalue weighted by Crippen LogP contribution is -2.14. The molecule has 24 heavy (non-hydrogen) atoms. The van der Waals surface area contributed by atoms with Crippen LogP contribution < -0.4 is 19.5 Å². The fourth-order valence-corrected chi connectivity index (χ4v) is 3.53. The summed E-state index contributed by atoms with van der Waals surface area (Å²) in [5.41, 5.74) is 2.13. The number of carbonyl (C=O) groups is 1. The van der Waals surface area contributed by atoms with Gasteiger partial charge >= 0.3 is 0 Å². The van der Waals surface area contributed by atoms with E-state index in [4.69, 9.17) is 14.2 Å². The van der Waals surface area contributed by atoms with E-state index in [9.17, 15) is 4.79 Å². The van der Waals surface area contributed by atoms with Gasteiger partial charge in [0.15, 0.2) is 11.5 Å². The van der Waals surface area contributed by atoms with Gasteiger partial charge < -0.3 is 19.5 Å². The first-order valence-corrected chi connectivity index (χ1v) is 8.86. The molecule has 0 aliphatic heterocycles. The molecular weight excluding hydrogens is 489 g/mol. The van der Waals surface area contributed by atoms with Gasteiger partial charge in [0.25, 0.3) is 5.91 Å². The highest BCUT2D eigenvalue weighted by atomic mass is 127. The fraction of sp³-hybridized carbons (Fsp3) is 0.235. The van der Waals surface area contributed by atoms with Gasteiger partial charge in [-0.1, -0.05) is 0 Å². The van der Waals surface area contributed by atoms with Crippen LogP contribution in [0.1, 0.15) is 15.9 Å². The van der Waals surface area contributed by atoms with Gasteiger partial charge in [-0.15, -0.1) is 0 Å². The number of ether oxygens (including phenoxy) is 3. The van der Waals surface area contributed by atoms with Crippen LogP contribution in [0.2, 0.25) is 0 Å². The van der Waals surface area contributed by atoms with Crippen molar-refractivity contribution in [1.29, 1.82) is 0 Å². The number of carbonyl (C=O) groups excluding carboxylic acids is 1. The van der Waals surface area contributed by atoms with E-state index in [1.54, 1.807) is 6.07 Å². The second kappa shape index (κ2) is 8.06. The number of halogens is 2. The lowest BCUT2D eigenvalue weighted by atomic mass is 10.1. The van der Waals surface area contributed by atoms with E-state index in [2.05, 4.69) is 43.8 Å². The Morgan fingerprint density at radius 2 is 1.75 bits per heavy atom. The molecule has 5 nitrogen and oxygen atoms in total. The highest BCUT2D eigenvalue weighted by Gasteiger charge is 2.23. The Kier molecular flexibility index (Phi) is 6.34. The Bertz CT molecular complexity index is 780. The van der Waals surface area contributed by atoms with Crippen LogP contribution in [0.4, 0.5) is 5.69 Å². The first kappa shape index (κ1) is 18.9. The first-order chi connectivity index (χ1) is 11.4. The maximum atomic E-state index is 12.7. The van der Waals surface area contributed by atoms with Gasteiger partial charge in [0.1, 0.15) is 0 Å². The quantitative estimate of drug-likeness (QED) is 0.601. The Morgan fingerprint density at radius 3 is 2.29 bits per heavy atom. The molecule has 0 fully saturated rings. The normalized spacial score (nSPS) is 10.2. The van der Waals surface area contributed by atoms with Crippen molar-refractivity contribution < 1.29 is 19.0 Å². The van der Waals surface area contributed by atoms with E-state index < -0.39 is 0 Å². The third kappa shape index (κ3) is 3.77. The lowest BCUT2D eigenvalue weighted by Gasteiger charge is -2.17. The Balaban J connectivity index is 2.45. The molecule has 0 unspecified atom stereocenters. The number of methoxy groups -OCH3 is 3. The zero-order valence-electron chi connectivity index (χ0n) is 13.7. The van der Waals surface area contributed by atoms with Gasteiger partial charge in [0, 0.05) is 9.26 Å². The molecule has 0 radical (unpaired) electrons. The summed E-state index contributed by atoms with van der Waals surface area (Å²) in [7, 11) is 4.53. The molecule has 1 amide bonds. The minimum Gasteiger partial charge on any atom is -0.493 e. The zero-order valence-corrected chi connectivity index (χ0v) is 17.4. The predicted molar refractivity (Wildman–Crippen MR) is 106 cm³/mol. The lowest BCUT2D eigenvalue weighted by molar-refractivity contribution is 0.102. The van der Waals surface area contributed by atoms with Crippen LogP contribution in [0, 0.1) is 10.5 Å². The molecule has 2 rings (SSSR count). The number of hydrogen-bond acceptors (Lipinski definition) is 4. The van der Waals surface area contributed by atoms with E-state index >= 15 is 0 Å². The van der Waals surface area contributed by atoms with Crippen molar-refractivity contribution >= 4 is 50.1 Å². The molecular formula is C17H17BrINO4. The molecule has 1 N–H and O–H groups in total. The Morgan fingerprint density at radius 1 is 1.08 bits per heavy atom. The molecule has 0 saturated carbocycles. The minimum absolute atomic E-state index is 0.273. The number of aryl methyl sites for hydroxylation is 1. The van der Waals surface area contributed by atoms with Gasteiger partial charge in [-0.05, 0) is 75.3 Å². The Labute approximate surface area is 162 Å². The third-order valence-electron chi connectivity index (χ3n) is 3.45. The van der Waals surface area contributed by atoms with Crippen molar-refractivity contribution in [2.24, 2.45) is 0 Å². The number of rotatable bonds is 5.